The predicted octanol–water partition coefficient (Wildman–Crippen LogP) is -0.943. The molecule has 2 aliphatic rings. The van der Waals surface area contributed by atoms with Crippen LogP contribution in [0.4, 0.5) is 5.69 Å². The molecule has 6 heteroatoms. The molecule has 6 nitrogen and oxygen atoms in total. The van der Waals surface area contributed by atoms with Gasteiger partial charge in [0.2, 0.25) is 0 Å². The summed E-state index contributed by atoms with van der Waals surface area (Å²) in [6.45, 7) is 7.31. The first-order valence-electron chi connectivity index (χ1n) is 8.21. The number of ether oxygens (including phenoxy) is 1. The van der Waals surface area contributed by atoms with Crippen molar-refractivity contribution in [2.24, 2.45) is 0 Å². The molecule has 3 rings (SSSR count). The van der Waals surface area contributed by atoms with Gasteiger partial charge in [0.1, 0.15) is 19.6 Å². The number of nitrogens with zero attached hydrogens (tertiary/aromatic N) is 1. The van der Waals surface area contributed by atoms with Gasteiger partial charge < -0.3 is 14.5 Å². The third kappa shape index (κ3) is 3.82. The van der Waals surface area contributed by atoms with Crippen LogP contribution in [0, 0.1) is 10.1 Å². The van der Waals surface area contributed by atoms with Crippen LogP contribution in [0.2, 0.25) is 0 Å². The number of benzene rings is 1. The van der Waals surface area contributed by atoms with Gasteiger partial charge in [0, 0.05) is 30.5 Å². The number of nitro benzene ring substituents is 1. The first-order valence-corrected chi connectivity index (χ1v) is 8.21. The zero-order chi connectivity index (χ0) is 15.4. The third-order valence-corrected chi connectivity index (χ3v) is 4.98. The molecule has 0 atom stereocenters. The minimum Gasteiger partial charge on any atom is -0.370 e. The van der Waals surface area contributed by atoms with Crippen LogP contribution >= 0.6 is 0 Å². The van der Waals surface area contributed by atoms with Crippen LogP contribution in [-0.2, 0) is 11.3 Å². The fourth-order valence-corrected chi connectivity index (χ4v) is 3.72. The fraction of sp³-hybridized carbons (Fsp3) is 0.625. The molecular formula is C16H25N3O3+2. The van der Waals surface area contributed by atoms with Gasteiger partial charge in [-0.15, -0.1) is 0 Å². The SMILES string of the molecule is O=[N+]([O-])c1cccc(C[NH+]2CCC([NH+]3CCOCC3)CC2)c1. The van der Waals surface area contributed by atoms with Gasteiger partial charge in [-0.2, -0.15) is 0 Å². The molecule has 0 amide bonds. The molecule has 1 aromatic carbocycles. The Bertz CT molecular complexity index is 509. The molecule has 0 bridgehead atoms. The number of nitrogens with one attached hydrogen (secondary N) is 2. The van der Waals surface area contributed by atoms with E-state index in [1.807, 2.05) is 6.07 Å². The topological polar surface area (TPSA) is 61.2 Å². The average molecular weight is 307 g/mol. The Hall–Kier alpha value is -1.50. The lowest BCUT2D eigenvalue weighted by Gasteiger charge is -2.36. The number of quaternary nitrogens is 2. The Morgan fingerprint density at radius 3 is 2.59 bits per heavy atom. The van der Waals surface area contributed by atoms with Gasteiger partial charge in [-0.05, 0) is 0 Å². The molecule has 1 aromatic rings. The first kappa shape index (κ1) is 15.4. The van der Waals surface area contributed by atoms with Crippen LogP contribution in [0.5, 0.6) is 0 Å². The van der Waals surface area contributed by atoms with Gasteiger partial charge in [-0.25, -0.2) is 0 Å². The maximum absolute atomic E-state index is 10.8. The third-order valence-electron chi connectivity index (χ3n) is 4.98. The van der Waals surface area contributed by atoms with Crippen molar-refractivity contribution in [1.29, 1.82) is 0 Å². The summed E-state index contributed by atoms with van der Waals surface area (Å²) in [6.07, 6.45) is 2.50. The Balaban J connectivity index is 1.51. The summed E-state index contributed by atoms with van der Waals surface area (Å²) in [4.78, 5) is 13.8. The normalized spacial score (nSPS) is 26.7. The standard InChI is InChI=1S/C16H23N3O3/c20-19(21)16-3-1-2-14(12-16)13-17-6-4-15(5-7-17)18-8-10-22-11-9-18/h1-3,12,15H,4-11,13H2/p+2. The maximum atomic E-state index is 10.8. The van der Waals surface area contributed by atoms with Gasteiger partial charge in [0.15, 0.2) is 0 Å². The Kier molecular flexibility index (Phi) is 5.02. The highest BCUT2D eigenvalue weighted by molar-refractivity contribution is 5.33. The lowest BCUT2D eigenvalue weighted by Crippen LogP contribution is -3.21. The van der Waals surface area contributed by atoms with E-state index in [2.05, 4.69) is 0 Å². The molecular weight excluding hydrogens is 282 g/mol. The minimum absolute atomic E-state index is 0.199. The molecule has 0 radical (unpaired) electrons. The van der Waals surface area contributed by atoms with Crippen molar-refractivity contribution in [3.05, 3.63) is 39.9 Å². The van der Waals surface area contributed by atoms with Crippen molar-refractivity contribution in [1.82, 2.24) is 0 Å². The monoisotopic (exact) mass is 307 g/mol. The van der Waals surface area contributed by atoms with Crippen LogP contribution in [0.1, 0.15) is 18.4 Å². The van der Waals surface area contributed by atoms with Gasteiger partial charge in [0.25, 0.3) is 5.69 Å². The van der Waals surface area contributed by atoms with E-state index in [1.165, 1.54) is 12.8 Å². The maximum Gasteiger partial charge on any atom is 0.269 e. The zero-order valence-corrected chi connectivity index (χ0v) is 12.9. The van der Waals surface area contributed by atoms with E-state index < -0.39 is 0 Å². The Morgan fingerprint density at radius 1 is 1.18 bits per heavy atom. The second kappa shape index (κ2) is 7.17. The van der Waals surface area contributed by atoms with Crippen molar-refractivity contribution >= 4 is 5.69 Å². The number of piperidine rings is 1. The minimum atomic E-state index is -0.313. The second-order valence-corrected chi connectivity index (χ2v) is 6.40. The molecule has 0 unspecified atom stereocenters. The van der Waals surface area contributed by atoms with Crippen LogP contribution < -0.4 is 9.80 Å². The Morgan fingerprint density at radius 2 is 1.91 bits per heavy atom. The van der Waals surface area contributed by atoms with Crippen molar-refractivity contribution in [3.8, 4) is 0 Å². The first-order chi connectivity index (χ1) is 10.7. The molecule has 0 saturated carbocycles. The highest BCUT2D eigenvalue weighted by atomic mass is 16.6. The number of hydrogen-bond donors (Lipinski definition) is 2. The van der Waals surface area contributed by atoms with E-state index >= 15 is 0 Å². The van der Waals surface area contributed by atoms with Crippen LogP contribution in [0.15, 0.2) is 24.3 Å². The van der Waals surface area contributed by atoms with Crippen molar-refractivity contribution in [2.75, 3.05) is 39.4 Å². The van der Waals surface area contributed by atoms with E-state index in [0.29, 0.717) is 0 Å². The molecule has 2 N–H and O–H groups in total. The highest BCUT2D eigenvalue weighted by Gasteiger charge is 2.30. The number of morpholine rings is 1. The number of rotatable bonds is 4. The fourth-order valence-electron chi connectivity index (χ4n) is 3.72. The number of likely N-dealkylation sites (tertiary alicyclic amines) is 1. The summed E-state index contributed by atoms with van der Waals surface area (Å²) in [5.41, 5.74) is 1.27. The second-order valence-electron chi connectivity index (χ2n) is 6.40. The zero-order valence-electron chi connectivity index (χ0n) is 12.9. The predicted molar refractivity (Wildman–Crippen MR) is 82.0 cm³/mol. The van der Waals surface area contributed by atoms with Gasteiger partial charge in [0.05, 0.1) is 37.3 Å². The molecule has 2 heterocycles. The van der Waals surface area contributed by atoms with Gasteiger partial charge in [-0.1, -0.05) is 12.1 Å². The summed E-state index contributed by atoms with van der Waals surface area (Å²) >= 11 is 0. The van der Waals surface area contributed by atoms with Gasteiger partial charge >= 0.3 is 0 Å². The van der Waals surface area contributed by atoms with Crippen molar-refractivity contribution in [2.45, 2.75) is 25.4 Å². The highest BCUT2D eigenvalue weighted by Crippen LogP contribution is 2.12. The van der Waals surface area contributed by atoms with Gasteiger partial charge in [-0.3, -0.25) is 10.1 Å². The molecule has 0 aromatic heterocycles. The number of non-ortho nitro benzene ring substituents is 1. The molecule has 0 aliphatic carbocycles. The van der Waals surface area contributed by atoms with Crippen molar-refractivity contribution < 1.29 is 19.5 Å². The average Bonchev–Trinajstić information content (AvgIpc) is 2.56. The number of nitro groups is 1. The molecule has 2 fully saturated rings. The van der Waals surface area contributed by atoms with E-state index in [9.17, 15) is 10.1 Å². The lowest BCUT2D eigenvalue weighted by atomic mass is 10.0. The summed E-state index contributed by atoms with van der Waals surface area (Å²) in [6, 6.07) is 7.84. The largest absolute Gasteiger partial charge is 0.370 e. The van der Waals surface area contributed by atoms with Crippen LogP contribution in [0.25, 0.3) is 0 Å². The Labute approximate surface area is 130 Å². The van der Waals surface area contributed by atoms with E-state index in [1.54, 1.807) is 28.0 Å². The summed E-state index contributed by atoms with van der Waals surface area (Å²) in [7, 11) is 0. The molecule has 120 valence electrons. The molecule has 2 aliphatic heterocycles. The van der Waals surface area contributed by atoms with Crippen LogP contribution in [-0.4, -0.2) is 50.4 Å². The number of hydrogen-bond acceptors (Lipinski definition) is 3. The van der Waals surface area contributed by atoms with E-state index in [0.717, 1.165) is 57.5 Å². The van der Waals surface area contributed by atoms with E-state index in [4.69, 9.17) is 4.74 Å². The molecule has 2 saturated heterocycles. The molecule has 22 heavy (non-hydrogen) atoms. The summed E-state index contributed by atoms with van der Waals surface area (Å²) in [5.74, 6) is 0. The smallest absolute Gasteiger partial charge is 0.269 e. The summed E-state index contributed by atoms with van der Waals surface area (Å²) < 4.78 is 5.44. The van der Waals surface area contributed by atoms with E-state index in [-0.39, 0.29) is 10.6 Å². The molecule has 0 spiro atoms. The van der Waals surface area contributed by atoms with Crippen molar-refractivity contribution in [3.63, 3.8) is 0 Å². The van der Waals surface area contributed by atoms with Crippen LogP contribution in [0.3, 0.4) is 0 Å². The summed E-state index contributed by atoms with van der Waals surface area (Å²) in [5, 5.41) is 10.8. The quantitative estimate of drug-likeness (QED) is 0.557. The lowest BCUT2D eigenvalue weighted by molar-refractivity contribution is -0.967.